The Kier molecular flexibility index (Phi) is 4.04. The lowest BCUT2D eigenvalue weighted by atomic mass is 9.74. The van der Waals surface area contributed by atoms with Crippen LogP contribution in [0.15, 0.2) is 24.3 Å². The van der Waals surface area contributed by atoms with E-state index in [9.17, 15) is 0 Å². The molecule has 1 aliphatic rings. The SMILES string of the molecule is CCC(C)c1ccc(C2(CCC#N)COC2)cc1. The number of hydrogen-bond donors (Lipinski definition) is 0. The average Bonchev–Trinajstić information content (AvgIpc) is 2.37. The third kappa shape index (κ3) is 2.42. The van der Waals surface area contributed by atoms with Crippen LogP contribution in [-0.2, 0) is 10.2 Å². The molecule has 1 unspecified atom stereocenters. The first-order chi connectivity index (χ1) is 8.72. The minimum atomic E-state index is 0.101. The van der Waals surface area contributed by atoms with Crippen molar-refractivity contribution in [1.82, 2.24) is 0 Å². The predicted molar refractivity (Wildman–Crippen MR) is 72.5 cm³/mol. The molecular formula is C16H21NO. The van der Waals surface area contributed by atoms with Gasteiger partial charge in [-0.25, -0.2) is 0 Å². The number of ether oxygens (including phenoxy) is 1. The molecule has 2 rings (SSSR count). The largest absolute Gasteiger partial charge is 0.379 e. The highest BCUT2D eigenvalue weighted by molar-refractivity contribution is 5.32. The van der Waals surface area contributed by atoms with Gasteiger partial charge in [-0.05, 0) is 29.9 Å². The van der Waals surface area contributed by atoms with Gasteiger partial charge in [0.05, 0.1) is 19.3 Å². The molecule has 0 saturated carbocycles. The zero-order valence-corrected chi connectivity index (χ0v) is 11.3. The molecule has 0 N–H and O–H groups in total. The Morgan fingerprint density at radius 1 is 1.33 bits per heavy atom. The molecule has 2 heteroatoms. The zero-order valence-electron chi connectivity index (χ0n) is 11.3. The summed E-state index contributed by atoms with van der Waals surface area (Å²) >= 11 is 0. The van der Waals surface area contributed by atoms with E-state index in [0.29, 0.717) is 12.3 Å². The van der Waals surface area contributed by atoms with Crippen molar-refractivity contribution in [2.45, 2.75) is 44.4 Å². The first-order valence-corrected chi connectivity index (χ1v) is 6.77. The fourth-order valence-electron chi connectivity index (χ4n) is 2.50. The Hall–Kier alpha value is -1.33. The molecule has 0 aromatic heterocycles. The Morgan fingerprint density at radius 3 is 2.44 bits per heavy atom. The van der Waals surface area contributed by atoms with Crippen LogP contribution in [0.3, 0.4) is 0 Å². The fraction of sp³-hybridized carbons (Fsp3) is 0.562. The fourth-order valence-corrected chi connectivity index (χ4v) is 2.50. The number of hydrogen-bond acceptors (Lipinski definition) is 2. The molecule has 0 aliphatic carbocycles. The van der Waals surface area contributed by atoms with Crippen LogP contribution in [0.2, 0.25) is 0 Å². The number of rotatable bonds is 5. The summed E-state index contributed by atoms with van der Waals surface area (Å²) in [5.74, 6) is 0.617. The van der Waals surface area contributed by atoms with Crippen LogP contribution in [0, 0.1) is 11.3 Å². The van der Waals surface area contributed by atoms with E-state index in [4.69, 9.17) is 10.00 Å². The Morgan fingerprint density at radius 2 is 2.00 bits per heavy atom. The molecule has 2 nitrogen and oxygen atoms in total. The van der Waals surface area contributed by atoms with Crippen molar-refractivity contribution in [3.63, 3.8) is 0 Å². The number of nitriles is 1. The molecule has 1 aliphatic heterocycles. The maximum atomic E-state index is 8.75. The van der Waals surface area contributed by atoms with E-state index >= 15 is 0 Å². The van der Waals surface area contributed by atoms with E-state index < -0.39 is 0 Å². The van der Waals surface area contributed by atoms with E-state index in [0.717, 1.165) is 19.6 Å². The topological polar surface area (TPSA) is 33.0 Å². The first kappa shape index (κ1) is 13.1. The maximum absolute atomic E-state index is 8.75. The van der Waals surface area contributed by atoms with E-state index in [1.54, 1.807) is 0 Å². The van der Waals surface area contributed by atoms with Gasteiger partial charge in [0.2, 0.25) is 0 Å². The average molecular weight is 243 g/mol. The van der Waals surface area contributed by atoms with Crippen molar-refractivity contribution >= 4 is 0 Å². The minimum Gasteiger partial charge on any atom is -0.379 e. The highest BCUT2D eigenvalue weighted by atomic mass is 16.5. The third-order valence-corrected chi connectivity index (χ3v) is 4.18. The van der Waals surface area contributed by atoms with Crippen LogP contribution in [0.1, 0.15) is 50.2 Å². The van der Waals surface area contributed by atoms with Gasteiger partial charge in [0, 0.05) is 11.8 Å². The second kappa shape index (κ2) is 5.54. The standard InChI is InChI=1S/C16H21NO/c1-3-13(2)14-5-7-15(8-6-14)16(9-4-10-17)11-18-12-16/h5-8,13H,3-4,9,11-12H2,1-2H3. The van der Waals surface area contributed by atoms with E-state index in [1.165, 1.54) is 17.5 Å². The lowest BCUT2D eigenvalue weighted by Crippen LogP contribution is -2.46. The number of nitrogens with zero attached hydrogens (tertiary/aromatic N) is 1. The molecule has 1 heterocycles. The van der Waals surface area contributed by atoms with Gasteiger partial charge in [0.15, 0.2) is 0 Å². The molecule has 0 bridgehead atoms. The summed E-state index contributed by atoms with van der Waals surface area (Å²) in [4.78, 5) is 0. The van der Waals surface area contributed by atoms with Gasteiger partial charge in [-0.3, -0.25) is 0 Å². The van der Waals surface area contributed by atoms with Crippen LogP contribution >= 0.6 is 0 Å². The van der Waals surface area contributed by atoms with E-state index in [2.05, 4.69) is 44.2 Å². The van der Waals surface area contributed by atoms with Crippen LogP contribution in [0.5, 0.6) is 0 Å². The van der Waals surface area contributed by atoms with Crippen molar-refractivity contribution in [3.8, 4) is 6.07 Å². The summed E-state index contributed by atoms with van der Waals surface area (Å²) in [7, 11) is 0. The van der Waals surface area contributed by atoms with E-state index in [1.807, 2.05) is 0 Å². The summed E-state index contributed by atoms with van der Waals surface area (Å²) in [5.41, 5.74) is 2.83. The second-order valence-electron chi connectivity index (χ2n) is 5.36. The van der Waals surface area contributed by atoms with Gasteiger partial charge < -0.3 is 4.74 Å². The first-order valence-electron chi connectivity index (χ1n) is 6.77. The highest BCUT2D eigenvalue weighted by Gasteiger charge is 2.39. The van der Waals surface area contributed by atoms with Gasteiger partial charge >= 0.3 is 0 Å². The molecule has 96 valence electrons. The van der Waals surface area contributed by atoms with Gasteiger partial charge in [-0.2, -0.15) is 5.26 Å². The van der Waals surface area contributed by atoms with Gasteiger partial charge in [-0.1, -0.05) is 38.1 Å². The lowest BCUT2D eigenvalue weighted by molar-refractivity contribution is -0.0637. The van der Waals surface area contributed by atoms with Gasteiger partial charge in [-0.15, -0.1) is 0 Å². The maximum Gasteiger partial charge on any atom is 0.0622 e. The molecule has 1 saturated heterocycles. The van der Waals surface area contributed by atoms with Crippen molar-refractivity contribution < 1.29 is 4.74 Å². The van der Waals surface area contributed by atoms with Crippen LogP contribution in [0.25, 0.3) is 0 Å². The van der Waals surface area contributed by atoms with E-state index in [-0.39, 0.29) is 5.41 Å². The minimum absolute atomic E-state index is 0.101. The Bertz CT molecular complexity index is 425. The van der Waals surface area contributed by atoms with Gasteiger partial charge in [0.25, 0.3) is 0 Å². The highest BCUT2D eigenvalue weighted by Crippen LogP contribution is 2.37. The molecule has 0 spiro atoms. The van der Waals surface area contributed by atoms with Crippen molar-refractivity contribution in [2.75, 3.05) is 13.2 Å². The smallest absolute Gasteiger partial charge is 0.0622 e. The third-order valence-electron chi connectivity index (χ3n) is 4.18. The zero-order chi connectivity index (χ0) is 13.0. The molecule has 1 aromatic carbocycles. The molecule has 1 fully saturated rings. The molecule has 1 atom stereocenters. The van der Waals surface area contributed by atoms with Crippen LogP contribution < -0.4 is 0 Å². The van der Waals surface area contributed by atoms with Crippen molar-refractivity contribution in [1.29, 1.82) is 5.26 Å². The summed E-state index contributed by atoms with van der Waals surface area (Å²) in [6, 6.07) is 11.2. The molecular weight excluding hydrogens is 222 g/mol. The monoisotopic (exact) mass is 243 g/mol. The summed E-state index contributed by atoms with van der Waals surface area (Å²) in [6.07, 6.45) is 2.69. The van der Waals surface area contributed by atoms with Crippen molar-refractivity contribution in [2.24, 2.45) is 0 Å². The summed E-state index contributed by atoms with van der Waals surface area (Å²) < 4.78 is 5.38. The number of benzene rings is 1. The molecule has 1 aromatic rings. The second-order valence-corrected chi connectivity index (χ2v) is 5.36. The molecule has 0 radical (unpaired) electrons. The van der Waals surface area contributed by atoms with Crippen LogP contribution in [0.4, 0.5) is 0 Å². The van der Waals surface area contributed by atoms with Gasteiger partial charge in [0.1, 0.15) is 0 Å². The lowest BCUT2D eigenvalue weighted by Gasteiger charge is -2.41. The Balaban J connectivity index is 2.15. The summed E-state index contributed by atoms with van der Waals surface area (Å²) in [6.45, 7) is 5.99. The predicted octanol–water partition coefficient (Wildman–Crippen LogP) is 3.77. The summed E-state index contributed by atoms with van der Waals surface area (Å²) in [5, 5.41) is 8.75. The van der Waals surface area contributed by atoms with Crippen LogP contribution in [-0.4, -0.2) is 13.2 Å². The quantitative estimate of drug-likeness (QED) is 0.788. The molecule has 18 heavy (non-hydrogen) atoms. The molecule has 0 amide bonds. The Labute approximate surface area is 110 Å². The normalized spacial score (nSPS) is 18.7. The van der Waals surface area contributed by atoms with Crippen molar-refractivity contribution in [3.05, 3.63) is 35.4 Å².